The molecule has 1 aromatic heterocycles. The molecule has 2 heterocycles. The Morgan fingerprint density at radius 1 is 1.19 bits per heavy atom. The van der Waals surface area contributed by atoms with Crippen LogP contribution in [-0.4, -0.2) is 32.9 Å². The molecule has 194 valence electrons. The fourth-order valence-electron chi connectivity index (χ4n) is 4.58. The van der Waals surface area contributed by atoms with Crippen LogP contribution in [0.2, 0.25) is 5.02 Å². The van der Waals surface area contributed by atoms with Crippen LogP contribution in [0.1, 0.15) is 56.7 Å². The van der Waals surface area contributed by atoms with Gasteiger partial charge in [-0.25, -0.2) is 4.68 Å². The zero-order chi connectivity index (χ0) is 25.9. The summed E-state index contributed by atoms with van der Waals surface area (Å²) in [6, 6.07) is 11.1. The quantitative estimate of drug-likeness (QED) is 0.259. The number of thioether (sulfide) groups is 1. The van der Waals surface area contributed by atoms with Gasteiger partial charge in [0, 0.05) is 28.5 Å². The summed E-state index contributed by atoms with van der Waals surface area (Å²) in [5.74, 6) is 2.94. The van der Waals surface area contributed by atoms with E-state index in [0.717, 1.165) is 51.9 Å². The van der Waals surface area contributed by atoms with Crippen molar-refractivity contribution in [2.45, 2.75) is 57.3 Å². The van der Waals surface area contributed by atoms with Gasteiger partial charge in [0.1, 0.15) is 12.6 Å². The van der Waals surface area contributed by atoms with Crippen LogP contribution in [0, 0.1) is 0 Å². The summed E-state index contributed by atoms with van der Waals surface area (Å²) in [7, 11) is 0. The molecule has 0 amide bonds. The van der Waals surface area contributed by atoms with Crippen LogP contribution in [0.3, 0.4) is 0 Å². The van der Waals surface area contributed by atoms with E-state index in [4.69, 9.17) is 31.2 Å². The maximum absolute atomic E-state index is 13.2. The smallest absolute Gasteiger partial charge is 0.227 e. The van der Waals surface area contributed by atoms with E-state index in [9.17, 15) is 4.79 Å². The second-order valence-corrected chi connectivity index (χ2v) is 11.2. The predicted octanol–water partition coefficient (Wildman–Crippen LogP) is 7.20. The standard InChI is InChI=1S/C27H28BrClN4O3S/c1-3-12-37-27-31-26-30-20-6-5-7-21(34)23(20)24(33(26)32-27)17-13-19(28)25(22(14-17)35-4-2)36-15-16-8-10-18(29)11-9-16/h8-11,13-14,24H,3-7,12,15H2,1-2H3,(H,30,31,32). The average Bonchev–Trinajstić information content (AvgIpc) is 3.29. The topological polar surface area (TPSA) is 78.3 Å². The Kier molecular flexibility index (Phi) is 8.12. The third-order valence-corrected chi connectivity index (χ3v) is 8.11. The van der Waals surface area contributed by atoms with Gasteiger partial charge in [-0.15, -0.1) is 5.10 Å². The summed E-state index contributed by atoms with van der Waals surface area (Å²) in [5.41, 5.74) is 3.56. The lowest BCUT2D eigenvalue weighted by Gasteiger charge is -2.32. The minimum Gasteiger partial charge on any atom is -0.490 e. The second kappa shape index (κ2) is 11.5. The number of ether oxygens (including phenoxy) is 2. The van der Waals surface area contributed by atoms with Crippen molar-refractivity contribution in [3.8, 4) is 11.5 Å². The molecule has 2 aromatic carbocycles. The highest BCUT2D eigenvalue weighted by Crippen LogP contribution is 2.45. The maximum atomic E-state index is 13.2. The van der Waals surface area contributed by atoms with Gasteiger partial charge in [0.15, 0.2) is 17.3 Å². The summed E-state index contributed by atoms with van der Waals surface area (Å²) in [5, 5.41) is 9.58. The van der Waals surface area contributed by atoms with Gasteiger partial charge in [0.05, 0.1) is 11.1 Å². The van der Waals surface area contributed by atoms with Gasteiger partial charge >= 0.3 is 0 Å². The number of rotatable bonds is 9. The van der Waals surface area contributed by atoms with Crippen LogP contribution in [0.15, 0.2) is 57.3 Å². The van der Waals surface area contributed by atoms with Crippen molar-refractivity contribution < 1.29 is 14.3 Å². The number of anilines is 1. The molecule has 1 N–H and O–H groups in total. The summed E-state index contributed by atoms with van der Waals surface area (Å²) >= 11 is 11.3. The first-order chi connectivity index (χ1) is 18.0. The summed E-state index contributed by atoms with van der Waals surface area (Å²) in [6.45, 7) is 4.90. The summed E-state index contributed by atoms with van der Waals surface area (Å²) in [6.07, 6.45) is 3.19. The van der Waals surface area contributed by atoms with E-state index >= 15 is 0 Å². The average molecular weight is 604 g/mol. The number of allylic oxidation sites excluding steroid dienone is 2. The largest absolute Gasteiger partial charge is 0.490 e. The third kappa shape index (κ3) is 5.54. The number of hydrogen-bond donors (Lipinski definition) is 1. The molecule has 0 saturated carbocycles. The van der Waals surface area contributed by atoms with Gasteiger partial charge in [-0.05, 0) is 77.5 Å². The number of benzene rings is 2. The van der Waals surface area contributed by atoms with Crippen LogP contribution in [0.5, 0.6) is 11.5 Å². The molecule has 0 fully saturated rings. The number of halogens is 2. The lowest BCUT2D eigenvalue weighted by Crippen LogP contribution is -2.31. The third-order valence-electron chi connectivity index (χ3n) is 6.23. The first kappa shape index (κ1) is 26.1. The number of Topliss-reactive ketones (excluding diaryl/α,β-unsaturated/α-hetero) is 1. The van der Waals surface area contributed by atoms with E-state index in [-0.39, 0.29) is 5.78 Å². The number of aromatic nitrogens is 3. The second-order valence-electron chi connectivity index (χ2n) is 8.89. The molecule has 1 atom stereocenters. The van der Waals surface area contributed by atoms with E-state index in [0.29, 0.717) is 47.3 Å². The molecule has 7 nitrogen and oxygen atoms in total. The number of carbonyl (C=O) groups is 1. The van der Waals surface area contributed by atoms with Crippen molar-refractivity contribution in [2.75, 3.05) is 17.7 Å². The van der Waals surface area contributed by atoms with E-state index in [1.807, 2.05) is 48.0 Å². The molecule has 5 rings (SSSR count). The number of fused-ring (bicyclic) bond motifs is 1. The van der Waals surface area contributed by atoms with E-state index in [2.05, 4.69) is 28.2 Å². The molecule has 3 aromatic rings. The Bertz CT molecular complexity index is 1340. The van der Waals surface area contributed by atoms with Crippen molar-refractivity contribution in [1.29, 1.82) is 0 Å². The minimum atomic E-state index is -0.400. The van der Waals surface area contributed by atoms with Gasteiger partial charge in [-0.3, -0.25) is 4.79 Å². The Morgan fingerprint density at radius 3 is 2.76 bits per heavy atom. The number of nitrogens with one attached hydrogen (secondary N) is 1. The summed E-state index contributed by atoms with van der Waals surface area (Å²) < 4.78 is 14.8. The van der Waals surface area contributed by atoms with Gasteiger partial charge in [0.25, 0.3) is 0 Å². The van der Waals surface area contributed by atoms with E-state index in [1.54, 1.807) is 11.8 Å². The van der Waals surface area contributed by atoms with Crippen molar-refractivity contribution in [1.82, 2.24) is 14.8 Å². The Morgan fingerprint density at radius 2 is 2.00 bits per heavy atom. The lowest BCUT2D eigenvalue weighted by atomic mass is 9.85. The molecule has 2 aliphatic rings. The van der Waals surface area contributed by atoms with Crippen molar-refractivity contribution in [2.24, 2.45) is 0 Å². The van der Waals surface area contributed by atoms with E-state index < -0.39 is 6.04 Å². The summed E-state index contributed by atoms with van der Waals surface area (Å²) in [4.78, 5) is 17.9. The molecule has 0 spiro atoms. The van der Waals surface area contributed by atoms with Gasteiger partial charge in [-0.2, -0.15) is 4.98 Å². The van der Waals surface area contributed by atoms with Gasteiger partial charge in [0.2, 0.25) is 11.1 Å². The number of nitrogens with zero attached hydrogens (tertiary/aromatic N) is 3. The predicted molar refractivity (Wildman–Crippen MR) is 150 cm³/mol. The van der Waals surface area contributed by atoms with Crippen LogP contribution in [-0.2, 0) is 11.4 Å². The Balaban J connectivity index is 1.55. The van der Waals surface area contributed by atoms with Crippen LogP contribution in [0.25, 0.3) is 0 Å². The number of ketones is 1. The van der Waals surface area contributed by atoms with Crippen LogP contribution < -0.4 is 14.8 Å². The number of hydrogen-bond acceptors (Lipinski definition) is 7. The van der Waals surface area contributed by atoms with Crippen LogP contribution >= 0.6 is 39.3 Å². The van der Waals surface area contributed by atoms with Crippen molar-refractivity contribution >= 4 is 51.0 Å². The normalized spacial score (nSPS) is 16.8. The fourth-order valence-corrected chi connectivity index (χ4v) is 5.97. The maximum Gasteiger partial charge on any atom is 0.227 e. The molecule has 0 saturated heterocycles. The van der Waals surface area contributed by atoms with Gasteiger partial charge < -0.3 is 14.8 Å². The molecule has 1 aliphatic heterocycles. The SMILES string of the molecule is CCCSc1nc2n(n1)C(c1cc(Br)c(OCc3ccc(Cl)cc3)c(OCC)c1)C1=C(CCCC1=O)N2. The molecule has 1 unspecified atom stereocenters. The first-order valence-corrected chi connectivity index (χ1v) is 14.6. The molecular formula is C27H28BrClN4O3S. The van der Waals surface area contributed by atoms with Gasteiger partial charge in [-0.1, -0.05) is 42.4 Å². The Hall–Kier alpha value is -2.49. The monoisotopic (exact) mass is 602 g/mol. The number of carbonyl (C=O) groups excluding carboxylic acids is 1. The first-order valence-electron chi connectivity index (χ1n) is 12.4. The highest BCUT2D eigenvalue weighted by atomic mass is 79.9. The lowest BCUT2D eigenvalue weighted by molar-refractivity contribution is -0.116. The minimum absolute atomic E-state index is 0.139. The zero-order valence-electron chi connectivity index (χ0n) is 20.7. The van der Waals surface area contributed by atoms with Crippen molar-refractivity contribution in [3.05, 3.63) is 68.3 Å². The fraction of sp³-hybridized carbons (Fsp3) is 0.370. The molecule has 10 heteroatoms. The molecule has 0 radical (unpaired) electrons. The van der Waals surface area contributed by atoms with E-state index in [1.165, 1.54) is 0 Å². The zero-order valence-corrected chi connectivity index (χ0v) is 23.9. The van der Waals surface area contributed by atoms with Crippen LogP contribution in [0.4, 0.5) is 5.95 Å². The highest BCUT2D eigenvalue weighted by Gasteiger charge is 2.37. The molecular weight excluding hydrogens is 576 g/mol. The Labute approximate surface area is 234 Å². The molecule has 0 bridgehead atoms. The molecule has 37 heavy (non-hydrogen) atoms. The molecule has 1 aliphatic carbocycles. The highest BCUT2D eigenvalue weighted by molar-refractivity contribution is 9.10. The van der Waals surface area contributed by atoms with Crippen molar-refractivity contribution in [3.63, 3.8) is 0 Å².